The third-order valence-electron chi connectivity index (χ3n) is 1.65. The first-order valence-corrected chi connectivity index (χ1v) is 3.87. The van der Waals surface area contributed by atoms with E-state index in [0.29, 0.717) is 0 Å². The second-order valence-corrected chi connectivity index (χ2v) is 2.76. The number of hydrogen-bond acceptors (Lipinski definition) is 5. The monoisotopic (exact) mass is 194 g/mol. The third-order valence-corrected chi connectivity index (χ3v) is 1.65. The smallest absolute Gasteiger partial charge is 0.391 e. The highest BCUT2D eigenvalue weighted by Crippen LogP contribution is 2.30. The van der Waals surface area contributed by atoms with Crippen LogP contribution in [0.4, 0.5) is 9.59 Å². The summed E-state index contributed by atoms with van der Waals surface area (Å²) in [6.07, 6.45) is -2.17. The Balaban J connectivity index is 2.46. The average molecular weight is 194 g/mol. The lowest BCUT2D eigenvalue weighted by atomic mass is 10.2. The van der Waals surface area contributed by atoms with Crippen molar-refractivity contribution in [3.63, 3.8) is 0 Å². The first-order valence-electron chi connectivity index (χ1n) is 3.87. The zero-order chi connectivity index (χ0) is 10.1. The van der Waals surface area contributed by atoms with Crippen LogP contribution in [0.2, 0.25) is 0 Å². The Morgan fingerprint density at radius 3 is 2.29 bits per heavy atom. The molecule has 2 rings (SSSR count). The molecule has 0 N–H and O–H groups in total. The van der Waals surface area contributed by atoms with Crippen molar-refractivity contribution in [1.29, 1.82) is 0 Å². The van der Waals surface area contributed by atoms with E-state index in [0.717, 1.165) is 5.56 Å². The largest absolute Gasteiger partial charge is 0.524 e. The molecule has 0 aliphatic carbocycles. The summed E-state index contributed by atoms with van der Waals surface area (Å²) in [5.41, 5.74) is 0.884. The van der Waals surface area contributed by atoms with Crippen LogP contribution in [0.25, 0.3) is 0 Å². The van der Waals surface area contributed by atoms with Crippen molar-refractivity contribution in [1.82, 2.24) is 0 Å². The molecule has 0 unspecified atom stereocenters. The van der Waals surface area contributed by atoms with E-state index in [4.69, 9.17) is 4.74 Å². The van der Waals surface area contributed by atoms with Crippen molar-refractivity contribution < 1.29 is 23.8 Å². The molecule has 5 heteroatoms. The van der Waals surface area contributed by atoms with E-state index in [1.807, 2.05) is 6.92 Å². The molecule has 1 aromatic carbocycles. The van der Waals surface area contributed by atoms with E-state index in [1.54, 1.807) is 12.1 Å². The van der Waals surface area contributed by atoms with E-state index < -0.39 is 12.3 Å². The van der Waals surface area contributed by atoms with Gasteiger partial charge in [-0.3, -0.25) is 0 Å². The molecule has 0 radical (unpaired) electrons. The minimum atomic E-state index is -1.09. The minimum Gasteiger partial charge on any atom is -0.391 e. The molecule has 1 aliphatic heterocycles. The zero-order valence-electron chi connectivity index (χ0n) is 7.27. The van der Waals surface area contributed by atoms with Gasteiger partial charge in [0.1, 0.15) is 0 Å². The lowest BCUT2D eigenvalue weighted by Crippen LogP contribution is -2.14. The summed E-state index contributed by atoms with van der Waals surface area (Å²) in [6.45, 7) is 1.82. The van der Waals surface area contributed by atoms with E-state index in [-0.39, 0.29) is 11.5 Å². The second-order valence-electron chi connectivity index (χ2n) is 2.76. The van der Waals surface area contributed by atoms with Crippen LogP contribution >= 0.6 is 0 Å². The van der Waals surface area contributed by atoms with E-state index in [9.17, 15) is 9.59 Å². The number of aryl methyl sites for hydroxylation is 1. The standard InChI is InChI=1S/C9H6O5/c1-5-2-3-6-7(4-5)13-9(11)14-8(10)12-6/h2-4H,1H3. The normalized spacial score (nSPS) is 14.6. The Bertz CT molecular complexity index is 410. The first-order chi connectivity index (χ1) is 6.65. The Hall–Kier alpha value is -2.04. The van der Waals surface area contributed by atoms with Gasteiger partial charge in [-0.1, -0.05) is 6.07 Å². The molecule has 0 bridgehead atoms. The lowest BCUT2D eigenvalue weighted by molar-refractivity contribution is 0.0998. The predicted octanol–water partition coefficient (Wildman–Crippen LogP) is 2.02. The Morgan fingerprint density at radius 2 is 1.57 bits per heavy atom. The number of benzene rings is 1. The van der Waals surface area contributed by atoms with Gasteiger partial charge < -0.3 is 14.2 Å². The maximum atomic E-state index is 10.8. The highest BCUT2D eigenvalue weighted by atomic mass is 16.8. The molecule has 0 amide bonds. The van der Waals surface area contributed by atoms with E-state index in [1.165, 1.54) is 6.07 Å². The summed E-state index contributed by atoms with van der Waals surface area (Å²) < 4.78 is 13.5. The van der Waals surface area contributed by atoms with Gasteiger partial charge in [0.2, 0.25) is 0 Å². The number of carbonyl (C=O) groups is 2. The topological polar surface area (TPSA) is 61.8 Å². The predicted molar refractivity (Wildman–Crippen MR) is 44.3 cm³/mol. The van der Waals surface area contributed by atoms with E-state index >= 15 is 0 Å². The molecular formula is C9H6O5. The second kappa shape index (κ2) is 3.02. The quantitative estimate of drug-likeness (QED) is 0.359. The van der Waals surface area contributed by atoms with Gasteiger partial charge in [0.05, 0.1) is 0 Å². The van der Waals surface area contributed by atoms with Crippen molar-refractivity contribution >= 4 is 12.3 Å². The van der Waals surface area contributed by atoms with Crippen LogP contribution in [-0.4, -0.2) is 12.3 Å². The van der Waals surface area contributed by atoms with Crippen LogP contribution in [0.5, 0.6) is 11.5 Å². The average Bonchev–Trinajstić information content (AvgIpc) is 2.21. The molecule has 1 aromatic rings. The van der Waals surface area contributed by atoms with Crippen molar-refractivity contribution in [2.24, 2.45) is 0 Å². The third kappa shape index (κ3) is 1.52. The van der Waals surface area contributed by atoms with Crippen molar-refractivity contribution in [3.8, 4) is 11.5 Å². The van der Waals surface area contributed by atoms with Gasteiger partial charge in [-0.2, -0.15) is 0 Å². The summed E-state index contributed by atoms with van der Waals surface area (Å²) in [4.78, 5) is 21.6. The molecule has 1 aliphatic rings. The van der Waals surface area contributed by atoms with Crippen LogP contribution < -0.4 is 9.47 Å². The maximum Gasteiger partial charge on any atom is 0.524 e. The van der Waals surface area contributed by atoms with Gasteiger partial charge in [0.25, 0.3) is 0 Å². The lowest BCUT2D eigenvalue weighted by Gasteiger charge is -2.02. The Morgan fingerprint density at radius 1 is 0.929 bits per heavy atom. The molecule has 0 saturated carbocycles. The fraction of sp³-hybridized carbons (Fsp3) is 0.111. The van der Waals surface area contributed by atoms with Crippen LogP contribution in [0.1, 0.15) is 5.56 Å². The van der Waals surface area contributed by atoms with Crippen molar-refractivity contribution in [2.75, 3.05) is 0 Å². The van der Waals surface area contributed by atoms with Crippen LogP contribution in [-0.2, 0) is 4.74 Å². The first kappa shape index (κ1) is 8.55. The van der Waals surface area contributed by atoms with Gasteiger partial charge in [0, 0.05) is 0 Å². The fourth-order valence-electron chi connectivity index (χ4n) is 1.07. The number of hydrogen-bond donors (Lipinski definition) is 0. The fourth-order valence-corrected chi connectivity index (χ4v) is 1.07. The van der Waals surface area contributed by atoms with Gasteiger partial charge in [-0.15, -0.1) is 0 Å². The van der Waals surface area contributed by atoms with Gasteiger partial charge in [-0.05, 0) is 24.6 Å². The molecular weight excluding hydrogens is 188 g/mol. The van der Waals surface area contributed by atoms with Crippen molar-refractivity contribution in [3.05, 3.63) is 23.8 Å². The van der Waals surface area contributed by atoms with E-state index in [2.05, 4.69) is 9.47 Å². The molecule has 1 heterocycles. The number of fused-ring (bicyclic) bond motifs is 1. The number of ether oxygens (including phenoxy) is 3. The molecule has 0 atom stereocenters. The van der Waals surface area contributed by atoms with Gasteiger partial charge >= 0.3 is 12.3 Å². The zero-order valence-corrected chi connectivity index (χ0v) is 7.27. The van der Waals surface area contributed by atoms with Crippen LogP contribution in [0.3, 0.4) is 0 Å². The molecule has 0 saturated heterocycles. The van der Waals surface area contributed by atoms with Crippen LogP contribution in [0.15, 0.2) is 18.2 Å². The molecule has 0 spiro atoms. The van der Waals surface area contributed by atoms with Gasteiger partial charge in [-0.25, -0.2) is 9.59 Å². The number of rotatable bonds is 0. The SMILES string of the molecule is Cc1ccc2c(c1)OC(=O)OC(=O)O2. The Kier molecular flexibility index (Phi) is 1.85. The summed E-state index contributed by atoms with van der Waals surface area (Å²) in [7, 11) is 0. The highest BCUT2D eigenvalue weighted by Gasteiger charge is 2.23. The molecule has 5 nitrogen and oxygen atoms in total. The summed E-state index contributed by atoms with van der Waals surface area (Å²) in [5, 5.41) is 0. The molecule has 0 fully saturated rings. The molecule has 0 aromatic heterocycles. The molecule has 72 valence electrons. The molecule has 14 heavy (non-hydrogen) atoms. The number of carbonyl (C=O) groups excluding carboxylic acids is 2. The minimum absolute atomic E-state index is 0.173. The highest BCUT2D eigenvalue weighted by molar-refractivity contribution is 5.82. The van der Waals surface area contributed by atoms with Crippen LogP contribution in [0, 0.1) is 6.92 Å². The summed E-state index contributed by atoms with van der Waals surface area (Å²) in [5.74, 6) is 0.354. The summed E-state index contributed by atoms with van der Waals surface area (Å²) >= 11 is 0. The summed E-state index contributed by atoms with van der Waals surface area (Å²) in [6, 6.07) is 4.84. The van der Waals surface area contributed by atoms with Crippen molar-refractivity contribution in [2.45, 2.75) is 6.92 Å². The number of cyclic esters (lactones) is 2. The Labute approximate surface area is 79.2 Å². The van der Waals surface area contributed by atoms with Gasteiger partial charge in [0.15, 0.2) is 11.5 Å². The maximum absolute atomic E-state index is 10.8.